The van der Waals surface area contributed by atoms with Crippen LogP contribution in [0.4, 0.5) is 11.4 Å². The van der Waals surface area contributed by atoms with Gasteiger partial charge < -0.3 is 5.32 Å². The van der Waals surface area contributed by atoms with Crippen LogP contribution >= 0.6 is 0 Å². The van der Waals surface area contributed by atoms with E-state index in [2.05, 4.69) is 31.1 Å². The molecule has 0 aliphatic carbocycles. The van der Waals surface area contributed by atoms with E-state index in [4.69, 9.17) is 0 Å². The van der Waals surface area contributed by atoms with Crippen LogP contribution < -0.4 is 5.32 Å². The summed E-state index contributed by atoms with van der Waals surface area (Å²) >= 11 is 0. The SMILES string of the molecule is CCC(C)(C)CNc1ccncc1[N+](=O)[O-]. The highest BCUT2D eigenvalue weighted by Crippen LogP contribution is 2.25. The molecule has 0 atom stereocenters. The number of nitrogens with one attached hydrogen (secondary N) is 1. The van der Waals surface area contributed by atoms with Gasteiger partial charge in [0, 0.05) is 12.7 Å². The van der Waals surface area contributed by atoms with Gasteiger partial charge in [-0.15, -0.1) is 0 Å². The van der Waals surface area contributed by atoms with Crippen LogP contribution in [0.25, 0.3) is 0 Å². The Bertz CT molecular complexity index is 377. The molecule has 0 aliphatic heterocycles. The summed E-state index contributed by atoms with van der Waals surface area (Å²) in [5.41, 5.74) is 0.674. The van der Waals surface area contributed by atoms with Gasteiger partial charge in [-0.1, -0.05) is 20.8 Å². The maximum Gasteiger partial charge on any atom is 0.310 e. The second-order valence-electron chi connectivity index (χ2n) is 4.52. The molecule has 5 nitrogen and oxygen atoms in total. The van der Waals surface area contributed by atoms with Crippen molar-refractivity contribution in [3.8, 4) is 0 Å². The van der Waals surface area contributed by atoms with Crippen molar-refractivity contribution in [3.05, 3.63) is 28.6 Å². The van der Waals surface area contributed by atoms with Crippen molar-refractivity contribution in [1.82, 2.24) is 4.98 Å². The quantitative estimate of drug-likeness (QED) is 0.615. The van der Waals surface area contributed by atoms with Crippen molar-refractivity contribution < 1.29 is 4.92 Å². The molecule has 5 heteroatoms. The molecule has 0 saturated carbocycles. The molecule has 0 amide bonds. The largest absolute Gasteiger partial charge is 0.379 e. The predicted molar refractivity (Wildman–Crippen MR) is 63.5 cm³/mol. The van der Waals surface area contributed by atoms with Gasteiger partial charge in [-0.25, -0.2) is 0 Å². The molecule has 0 aromatic carbocycles. The molecule has 0 spiro atoms. The van der Waals surface area contributed by atoms with E-state index in [0.29, 0.717) is 12.2 Å². The fourth-order valence-corrected chi connectivity index (χ4v) is 1.14. The van der Waals surface area contributed by atoms with Gasteiger partial charge in [0.05, 0.1) is 4.92 Å². The Balaban J connectivity index is 2.78. The molecule has 0 bridgehead atoms. The van der Waals surface area contributed by atoms with Gasteiger partial charge in [-0.3, -0.25) is 15.1 Å². The zero-order chi connectivity index (χ0) is 12.2. The number of hydrogen-bond acceptors (Lipinski definition) is 4. The molecule has 1 rings (SSSR count). The van der Waals surface area contributed by atoms with Gasteiger partial charge in [-0.05, 0) is 17.9 Å². The molecule has 16 heavy (non-hydrogen) atoms. The Hall–Kier alpha value is -1.65. The van der Waals surface area contributed by atoms with E-state index in [1.54, 1.807) is 12.3 Å². The number of aromatic nitrogens is 1. The Morgan fingerprint density at radius 3 is 2.81 bits per heavy atom. The number of nitro groups is 1. The summed E-state index contributed by atoms with van der Waals surface area (Å²) < 4.78 is 0. The van der Waals surface area contributed by atoms with Crippen LogP contribution in [0.3, 0.4) is 0 Å². The summed E-state index contributed by atoms with van der Waals surface area (Å²) in [6.07, 6.45) is 3.83. The van der Waals surface area contributed by atoms with E-state index >= 15 is 0 Å². The van der Waals surface area contributed by atoms with Crippen molar-refractivity contribution in [2.24, 2.45) is 5.41 Å². The number of nitrogens with zero attached hydrogens (tertiary/aromatic N) is 2. The summed E-state index contributed by atoms with van der Waals surface area (Å²) in [5.74, 6) is 0. The van der Waals surface area contributed by atoms with Crippen molar-refractivity contribution in [2.75, 3.05) is 11.9 Å². The Morgan fingerprint density at radius 1 is 1.56 bits per heavy atom. The molecular formula is C11H17N3O2. The number of rotatable bonds is 5. The van der Waals surface area contributed by atoms with Crippen LogP contribution in [0.1, 0.15) is 27.2 Å². The van der Waals surface area contributed by atoms with E-state index in [-0.39, 0.29) is 11.1 Å². The van der Waals surface area contributed by atoms with Crippen molar-refractivity contribution in [1.29, 1.82) is 0 Å². The van der Waals surface area contributed by atoms with Crippen LogP contribution in [0.5, 0.6) is 0 Å². The molecule has 88 valence electrons. The summed E-state index contributed by atoms with van der Waals surface area (Å²) in [6, 6.07) is 1.63. The summed E-state index contributed by atoms with van der Waals surface area (Å²) in [7, 11) is 0. The molecule has 0 saturated heterocycles. The highest BCUT2D eigenvalue weighted by atomic mass is 16.6. The minimum atomic E-state index is -0.422. The Morgan fingerprint density at radius 2 is 2.25 bits per heavy atom. The molecule has 0 radical (unpaired) electrons. The number of pyridine rings is 1. The van der Waals surface area contributed by atoms with Crippen LogP contribution in [0, 0.1) is 15.5 Å². The second-order valence-corrected chi connectivity index (χ2v) is 4.52. The zero-order valence-corrected chi connectivity index (χ0v) is 9.86. The molecule has 0 aliphatic rings. The Kier molecular flexibility index (Phi) is 3.82. The highest BCUT2D eigenvalue weighted by Gasteiger charge is 2.18. The average molecular weight is 223 g/mol. The first kappa shape index (κ1) is 12.4. The highest BCUT2D eigenvalue weighted by molar-refractivity contribution is 5.59. The van der Waals surface area contributed by atoms with E-state index < -0.39 is 4.92 Å². The first-order chi connectivity index (χ1) is 7.46. The first-order valence-electron chi connectivity index (χ1n) is 5.28. The number of hydrogen-bond donors (Lipinski definition) is 1. The van der Waals surface area contributed by atoms with Gasteiger partial charge >= 0.3 is 5.69 Å². The fraction of sp³-hybridized carbons (Fsp3) is 0.545. The van der Waals surface area contributed by atoms with Crippen LogP contribution in [0.2, 0.25) is 0 Å². The van der Waals surface area contributed by atoms with E-state index in [9.17, 15) is 10.1 Å². The lowest BCUT2D eigenvalue weighted by Crippen LogP contribution is -2.22. The Labute approximate surface area is 95.0 Å². The minimum Gasteiger partial charge on any atom is -0.379 e. The van der Waals surface area contributed by atoms with Crippen LogP contribution in [-0.4, -0.2) is 16.5 Å². The van der Waals surface area contributed by atoms with E-state index in [1.807, 2.05) is 0 Å². The molecule has 1 aromatic heterocycles. The third-order valence-electron chi connectivity index (χ3n) is 2.71. The monoisotopic (exact) mass is 223 g/mol. The summed E-state index contributed by atoms with van der Waals surface area (Å²) in [4.78, 5) is 14.1. The van der Waals surface area contributed by atoms with E-state index in [1.165, 1.54) is 6.20 Å². The molecule has 1 heterocycles. The lowest BCUT2D eigenvalue weighted by atomic mass is 9.90. The first-order valence-corrected chi connectivity index (χ1v) is 5.28. The minimum absolute atomic E-state index is 0.0226. The maximum absolute atomic E-state index is 10.7. The van der Waals surface area contributed by atoms with Crippen molar-refractivity contribution in [2.45, 2.75) is 27.2 Å². The molecular weight excluding hydrogens is 206 g/mol. The van der Waals surface area contributed by atoms with Gasteiger partial charge in [0.2, 0.25) is 0 Å². The normalized spacial score (nSPS) is 11.2. The topological polar surface area (TPSA) is 68.1 Å². The van der Waals surface area contributed by atoms with Gasteiger partial charge in [0.1, 0.15) is 11.9 Å². The predicted octanol–water partition coefficient (Wildman–Crippen LogP) is 2.84. The third-order valence-corrected chi connectivity index (χ3v) is 2.71. The lowest BCUT2D eigenvalue weighted by Gasteiger charge is -2.23. The van der Waals surface area contributed by atoms with E-state index in [0.717, 1.165) is 6.42 Å². The third kappa shape index (κ3) is 3.18. The van der Waals surface area contributed by atoms with Crippen LogP contribution in [-0.2, 0) is 0 Å². The second kappa shape index (κ2) is 4.92. The van der Waals surface area contributed by atoms with Crippen molar-refractivity contribution >= 4 is 11.4 Å². The number of anilines is 1. The van der Waals surface area contributed by atoms with Gasteiger partial charge in [-0.2, -0.15) is 0 Å². The lowest BCUT2D eigenvalue weighted by molar-refractivity contribution is -0.384. The average Bonchev–Trinajstić information content (AvgIpc) is 2.27. The molecule has 1 aromatic rings. The smallest absolute Gasteiger partial charge is 0.310 e. The van der Waals surface area contributed by atoms with Crippen LogP contribution in [0.15, 0.2) is 18.5 Å². The molecule has 0 fully saturated rings. The summed E-state index contributed by atoms with van der Waals surface area (Å²) in [5, 5.41) is 13.8. The van der Waals surface area contributed by atoms with Gasteiger partial charge in [0.25, 0.3) is 0 Å². The molecule has 0 unspecified atom stereocenters. The summed E-state index contributed by atoms with van der Waals surface area (Å²) in [6.45, 7) is 7.04. The van der Waals surface area contributed by atoms with Crippen molar-refractivity contribution in [3.63, 3.8) is 0 Å². The fourth-order valence-electron chi connectivity index (χ4n) is 1.14. The molecule has 1 N–H and O–H groups in total. The zero-order valence-electron chi connectivity index (χ0n) is 9.86. The van der Waals surface area contributed by atoms with Gasteiger partial charge in [0.15, 0.2) is 0 Å². The standard InChI is InChI=1S/C11H17N3O2/c1-4-11(2,3)8-13-9-5-6-12-7-10(9)14(15)16/h5-7H,4,8H2,1-3H3,(H,12,13). The maximum atomic E-state index is 10.7.